The van der Waals surface area contributed by atoms with Crippen molar-refractivity contribution in [1.29, 1.82) is 0 Å². The zero-order chi connectivity index (χ0) is 13.9. The molecule has 0 aliphatic carbocycles. The van der Waals surface area contributed by atoms with Crippen molar-refractivity contribution in [2.75, 3.05) is 0 Å². The summed E-state index contributed by atoms with van der Waals surface area (Å²) in [6, 6.07) is 26.0. The fourth-order valence-corrected chi connectivity index (χ4v) is 3.07. The Hall–Kier alpha value is -0.880. The SMILES string of the molecule is Ic1ccc(-c2ccc(-c3cccc(I)c3)cc2)cc1. The van der Waals surface area contributed by atoms with Crippen molar-refractivity contribution in [3.05, 3.63) is 79.9 Å². The van der Waals surface area contributed by atoms with Gasteiger partial charge in [0.2, 0.25) is 0 Å². The van der Waals surface area contributed by atoms with Crippen LogP contribution in [0.1, 0.15) is 0 Å². The van der Waals surface area contributed by atoms with E-state index in [1.54, 1.807) is 0 Å². The Labute approximate surface area is 146 Å². The second-order valence-electron chi connectivity index (χ2n) is 4.59. The third-order valence-corrected chi connectivity index (χ3v) is 4.61. The standard InChI is InChI=1S/C18H12I2/c19-17-10-8-14(9-11-17)13-4-6-15(7-5-13)16-2-1-3-18(20)12-16/h1-12H. The Balaban J connectivity index is 1.93. The molecule has 0 N–H and O–H groups in total. The van der Waals surface area contributed by atoms with Crippen molar-refractivity contribution >= 4 is 45.2 Å². The minimum absolute atomic E-state index is 1.26. The molecule has 3 aromatic carbocycles. The van der Waals surface area contributed by atoms with Crippen LogP contribution in [-0.4, -0.2) is 0 Å². The maximum absolute atomic E-state index is 2.35. The molecule has 98 valence electrons. The largest absolute Gasteiger partial charge is 0.0606 e. The van der Waals surface area contributed by atoms with Gasteiger partial charge in [-0.25, -0.2) is 0 Å². The van der Waals surface area contributed by atoms with Crippen LogP contribution in [0.4, 0.5) is 0 Å². The van der Waals surface area contributed by atoms with Crippen molar-refractivity contribution in [3.63, 3.8) is 0 Å². The van der Waals surface area contributed by atoms with Crippen LogP contribution in [0.5, 0.6) is 0 Å². The van der Waals surface area contributed by atoms with Crippen molar-refractivity contribution < 1.29 is 0 Å². The lowest BCUT2D eigenvalue weighted by atomic mass is 10.0. The minimum Gasteiger partial charge on any atom is -0.0606 e. The predicted octanol–water partition coefficient (Wildman–Crippen LogP) is 6.23. The van der Waals surface area contributed by atoms with Crippen LogP contribution in [0.15, 0.2) is 72.8 Å². The van der Waals surface area contributed by atoms with E-state index in [2.05, 4.69) is 118 Å². The first-order valence-corrected chi connectivity index (χ1v) is 8.50. The molecule has 0 aromatic heterocycles. The molecule has 0 saturated carbocycles. The zero-order valence-electron chi connectivity index (χ0n) is 10.7. The third-order valence-electron chi connectivity index (χ3n) is 3.22. The third kappa shape index (κ3) is 3.23. The number of hydrogen-bond acceptors (Lipinski definition) is 0. The quantitative estimate of drug-likeness (QED) is 0.380. The van der Waals surface area contributed by atoms with Crippen molar-refractivity contribution in [1.82, 2.24) is 0 Å². The normalized spacial score (nSPS) is 10.5. The Morgan fingerprint density at radius 2 is 0.950 bits per heavy atom. The lowest BCUT2D eigenvalue weighted by Crippen LogP contribution is -1.81. The molecule has 2 heteroatoms. The summed E-state index contributed by atoms with van der Waals surface area (Å²) >= 11 is 4.68. The van der Waals surface area contributed by atoms with Gasteiger partial charge in [0, 0.05) is 7.14 Å². The molecule has 0 amide bonds. The summed E-state index contributed by atoms with van der Waals surface area (Å²) in [5, 5.41) is 0. The second-order valence-corrected chi connectivity index (χ2v) is 7.09. The summed E-state index contributed by atoms with van der Waals surface area (Å²) in [6.07, 6.45) is 0. The van der Waals surface area contributed by atoms with Gasteiger partial charge in [0.05, 0.1) is 0 Å². The van der Waals surface area contributed by atoms with Crippen LogP contribution in [0, 0.1) is 7.14 Å². The summed E-state index contributed by atoms with van der Waals surface area (Å²) in [7, 11) is 0. The molecule has 0 atom stereocenters. The van der Waals surface area contributed by atoms with E-state index in [0.717, 1.165) is 0 Å². The molecule has 0 aliphatic heterocycles. The fourth-order valence-electron chi connectivity index (χ4n) is 2.17. The van der Waals surface area contributed by atoms with E-state index in [-0.39, 0.29) is 0 Å². The summed E-state index contributed by atoms with van der Waals surface area (Å²) in [5.41, 5.74) is 5.05. The van der Waals surface area contributed by atoms with Gasteiger partial charge in [-0.15, -0.1) is 0 Å². The summed E-state index contributed by atoms with van der Waals surface area (Å²) in [5.74, 6) is 0. The minimum atomic E-state index is 1.26. The first-order chi connectivity index (χ1) is 9.72. The van der Waals surface area contributed by atoms with Gasteiger partial charge in [0.15, 0.2) is 0 Å². The summed E-state index contributed by atoms with van der Waals surface area (Å²) < 4.78 is 2.53. The molecule has 3 rings (SSSR count). The average molecular weight is 482 g/mol. The number of hydrogen-bond donors (Lipinski definition) is 0. The molecular formula is C18H12I2. The highest BCUT2D eigenvalue weighted by Gasteiger charge is 2.01. The van der Waals surface area contributed by atoms with Gasteiger partial charge in [-0.3, -0.25) is 0 Å². The molecular weight excluding hydrogens is 470 g/mol. The molecule has 0 heterocycles. The maximum Gasteiger partial charge on any atom is 0.0136 e. The summed E-state index contributed by atoms with van der Waals surface area (Å²) in [6.45, 7) is 0. The first kappa shape index (κ1) is 14.1. The number of rotatable bonds is 2. The summed E-state index contributed by atoms with van der Waals surface area (Å²) in [4.78, 5) is 0. The van der Waals surface area contributed by atoms with Gasteiger partial charge in [-0.05, 0) is 91.7 Å². The Morgan fingerprint density at radius 1 is 0.450 bits per heavy atom. The molecule has 0 spiro atoms. The van der Waals surface area contributed by atoms with Crippen molar-refractivity contribution in [2.24, 2.45) is 0 Å². The van der Waals surface area contributed by atoms with Gasteiger partial charge >= 0.3 is 0 Å². The van der Waals surface area contributed by atoms with Crippen molar-refractivity contribution in [3.8, 4) is 22.3 Å². The predicted molar refractivity (Wildman–Crippen MR) is 103 cm³/mol. The van der Waals surface area contributed by atoms with E-state index in [1.807, 2.05) is 0 Å². The fraction of sp³-hybridized carbons (Fsp3) is 0. The van der Waals surface area contributed by atoms with Gasteiger partial charge in [0.25, 0.3) is 0 Å². The molecule has 0 bridgehead atoms. The van der Waals surface area contributed by atoms with Crippen LogP contribution in [-0.2, 0) is 0 Å². The smallest absolute Gasteiger partial charge is 0.0136 e. The topological polar surface area (TPSA) is 0 Å². The lowest BCUT2D eigenvalue weighted by Gasteiger charge is -2.05. The van der Waals surface area contributed by atoms with Crippen LogP contribution in [0.3, 0.4) is 0 Å². The Kier molecular flexibility index (Phi) is 4.41. The van der Waals surface area contributed by atoms with Gasteiger partial charge < -0.3 is 0 Å². The zero-order valence-corrected chi connectivity index (χ0v) is 15.0. The molecule has 0 saturated heterocycles. The molecule has 0 radical (unpaired) electrons. The van der Waals surface area contributed by atoms with E-state index in [4.69, 9.17) is 0 Å². The van der Waals surface area contributed by atoms with Crippen LogP contribution in [0.2, 0.25) is 0 Å². The van der Waals surface area contributed by atoms with E-state index >= 15 is 0 Å². The maximum atomic E-state index is 2.35. The van der Waals surface area contributed by atoms with Gasteiger partial charge in [0.1, 0.15) is 0 Å². The van der Waals surface area contributed by atoms with E-state index in [9.17, 15) is 0 Å². The second kappa shape index (κ2) is 6.26. The van der Waals surface area contributed by atoms with E-state index in [1.165, 1.54) is 29.4 Å². The number of benzene rings is 3. The molecule has 0 unspecified atom stereocenters. The number of halogens is 2. The highest BCUT2D eigenvalue weighted by molar-refractivity contribution is 14.1. The van der Waals surface area contributed by atoms with Crippen LogP contribution >= 0.6 is 45.2 Å². The highest BCUT2D eigenvalue weighted by Crippen LogP contribution is 2.26. The Bertz CT molecular complexity index is 713. The van der Waals surface area contributed by atoms with Crippen LogP contribution < -0.4 is 0 Å². The molecule has 3 aromatic rings. The molecule has 0 nitrogen and oxygen atoms in total. The monoisotopic (exact) mass is 482 g/mol. The highest BCUT2D eigenvalue weighted by atomic mass is 127. The molecule has 0 aliphatic rings. The van der Waals surface area contributed by atoms with Gasteiger partial charge in [-0.1, -0.05) is 48.5 Å². The van der Waals surface area contributed by atoms with Gasteiger partial charge in [-0.2, -0.15) is 0 Å². The molecule has 0 fully saturated rings. The van der Waals surface area contributed by atoms with E-state index in [0.29, 0.717) is 0 Å². The van der Waals surface area contributed by atoms with Crippen molar-refractivity contribution in [2.45, 2.75) is 0 Å². The van der Waals surface area contributed by atoms with E-state index < -0.39 is 0 Å². The Morgan fingerprint density at radius 3 is 1.50 bits per heavy atom. The molecule has 20 heavy (non-hydrogen) atoms. The first-order valence-electron chi connectivity index (χ1n) is 6.34. The van der Waals surface area contributed by atoms with Crippen LogP contribution in [0.25, 0.3) is 22.3 Å². The average Bonchev–Trinajstić information content (AvgIpc) is 2.48. The lowest BCUT2D eigenvalue weighted by molar-refractivity contribution is 1.56.